The van der Waals surface area contributed by atoms with Gasteiger partial charge in [0, 0.05) is 19.1 Å². The van der Waals surface area contributed by atoms with E-state index in [2.05, 4.69) is 5.32 Å². The van der Waals surface area contributed by atoms with E-state index in [0.717, 1.165) is 25.9 Å². The number of hydrogen-bond donors (Lipinski definition) is 2. The van der Waals surface area contributed by atoms with E-state index in [1.807, 2.05) is 6.92 Å². The first kappa shape index (κ1) is 16.3. The molecule has 0 saturated carbocycles. The van der Waals surface area contributed by atoms with Crippen molar-refractivity contribution in [2.75, 3.05) is 26.2 Å². The number of rotatable bonds is 6. The van der Waals surface area contributed by atoms with Crippen LogP contribution in [-0.2, 0) is 9.59 Å². The third-order valence-electron chi connectivity index (χ3n) is 3.54. The highest BCUT2D eigenvalue weighted by Gasteiger charge is 2.23. The maximum atomic E-state index is 12.0. The van der Waals surface area contributed by atoms with Gasteiger partial charge in [-0.05, 0) is 26.2 Å². The maximum absolute atomic E-state index is 12.0. The lowest BCUT2D eigenvalue weighted by Crippen LogP contribution is -2.49. The van der Waals surface area contributed by atoms with Crippen LogP contribution in [0.5, 0.6) is 0 Å². The van der Waals surface area contributed by atoms with E-state index < -0.39 is 12.0 Å². The Balaban J connectivity index is 2.48. The van der Waals surface area contributed by atoms with Crippen LogP contribution < -0.4 is 5.32 Å². The predicted molar refractivity (Wildman–Crippen MR) is 73.3 cm³/mol. The van der Waals surface area contributed by atoms with Crippen LogP contribution in [0.4, 0.5) is 4.79 Å². The molecule has 114 valence electrons. The van der Waals surface area contributed by atoms with Gasteiger partial charge in [-0.3, -0.25) is 9.59 Å². The maximum Gasteiger partial charge on any atom is 0.323 e. The van der Waals surface area contributed by atoms with Crippen molar-refractivity contribution in [1.29, 1.82) is 0 Å². The molecule has 7 nitrogen and oxygen atoms in total. The fourth-order valence-corrected chi connectivity index (χ4v) is 2.13. The SMILES string of the molecule is CCC(C)N(CC(=O)O)C(=O)NCC(=O)N1CCCC1. The van der Waals surface area contributed by atoms with Crippen molar-refractivity contribution < 1.29 is 19.5 Å². The molecule has 20 heavy (non-hydrogen) atoms. The van der Waals surface area contributed by atoms with E-state index in [9.17, 15) is 14.4 Å². The summed E-state index contributed by atoms with van der Waals surface area (Å²) in [7, 11) is 0. The van der Waals surface area contributed by atoms with Crippen molar-refractivity contribution in [1.82, 2.24) is 15.1 Å². The lowest BCUT2D eigenvalue weighted by Gasteiger charge is -2.27. The molecule has 0 bridgehead atoms. The quantitative estimate of drug-likeness (QED) is 0.743. The second kappa shape index (κ2) is 7.72. The molecule has 1 unspecified atom stereocenters. The summed E-state index contributed by atoms with van der Waals surface area (Å²) < 4.78 is 0. The number of carboxylic acid groups (broad SMARTS) is 1. The summed E-state index contributed by atoms with van der Waals surface area (Å²) in [6.07, 6.45) is 2.65. The Bertz CT molecular complexity index is 367. The topological polar surface area (TPSA) is 90.0 Å². The normalized spacial score (nSPS) is 15.8. The number of hydrogen-bond acceptors (Lipinski definition) is 3. The second-order valence-corrected chi connectivity index (χ2v) is 5.03. The molecule has 0 aromatic rings. The standard InChI is InChI=1S/C13H23N3O4/c1-3-10(2)16(9-12(18)19)13(20)14-8-11(17)15-6-4-5-7-15/h10H,3-9H2,1-2H3,(H,14,20)(H,18,19). The number of urea groups is 1. The zero-order chi connectivity index (χ0) is 15.1. The zero-order valence-electron chi connectivity index (χ0n) is 12.1. The molecule has 1 atom stereocenters. The number of carbonyl (C=O) groups excluding carboxylic acids is 2. The molecule has 0 aliphatic carbocycles. The van der Waals surface area contributed by atoms with Crippen LogP contribution in [0.1, 0.15) is 33.1 Å². The Hall–Kier alpha value is -1.79. The molecule has 1 fully saturated rings. The van der Waals surface area contributed by atoms with Gasteiger partial charge >= 0.3 is 12.0 Å². The average Bonchev–Trinajstić information content (AvgIpc) is 2.94. The van der Waals surface area contributed by atoms with Gasteiger partial charge in [0.05, 0.1) is 6.54 Å². The van der Waals surface area contributed by atoms with Gasteiger partial charge in [-0.15, -0.1) is 0 Å². The first-order chi connectivity index (χ1) is 9.45. The van der Waals surface area contributed by atoms with Crippen LogP contribution in [0.25, 0.3) is 0 Å². The first-order valence-corrected chi connectivity index (χ1v) is 6.99. The van der Waals surface area contributed by atoms with Crippen molar-refractivity contribution in [2.45, 2.75) is 39.2 Å². The third-order valence-corrected chi connectivity index (χ3v) is 3.54. The van der Waals surface area contributed by atoms with Crippen LogP contribution in [0.3, 0.4) is 0 Å². The fourth-order valence-electron chi connectivity index (χ4n) is 2.13. The Morgan fingerprint density at radius 1 is 1.30 bits per heavy atom. The summed E-state index contributed by atoms with van der Waals surface area (Å²) in [5, 5.41) is 11.3. The molecule has 0 radical (unpaired) electrons. The highest BCUT2D eigenvalue weighted by atomic mass is 16.4. The third kappa shape index (κ3) is 4.71. The molecule has 1 saturated heterocycles. The number of carbonyl (C=O) groups is 3. The minimum Gasteiger partial charge on any atom is -0.480 e. The minimum atomic E-state index is -1.06. The summed E-state index contributed by atoms with van der Waals surface area (Å²) >= 11 is 0. The van der Waals surface area contributed by atoms with Crippen LogP contribution in [0.15, 0.2) is 0 Å². The van der Waals surface area contributed by atoms with Crippen LogP contribution in [-0.4, -0.2) is 65.0 Å². The lowest BCUT2D eigenvalue weighted by atomic mass is 10.2. The smallest absolute Gasteiger partial charge is 0.323 e. The molecule has 1 heterocycles. The molecule has 0 spiro atoms. The Kier molecular flexibility index (Phi) is 6.27. The number of likely N-dealkylation sites (tertiary alicyclic amines) is 1. The van der Waals surface area contributed by atoms with Crippen LogP contribution >= 0.6 is 0 Å². The molecular formula is C13H23N3O4. The highest BCUT2D eigenvalue weighted by molar-refractivity contribution is 5.85. The predicted octanol–water partition coefficient (Wildman–Crippen LogP) is 0.504. The summed E-state index contributed by atoms with van der Waals surface area (Å²) in [4.78, 5) is 37.5. The van der Waals surface area contributed by atoms with Crippen molar-refractivity contribution in [2.24, 2.45) is 0 Å². The largest absolute Gasteiger partial charge is 0.480 e. The average molecular weight is 285 g/mol. The van der Waals surface area contributed by atoms with Gasteiger partial charge < -0.3 is 20.2 Å². The monoisotopic (exact) mass is 285 g/mol. The first-order valence-electron chi connectivity index (χ1n) is 6.99. The number of nitrogens with one attached hydrogen (secondary N) is 1. The molecule has 1 rings (SSSR count). The number of aliphatic carboxylic acids is 1. The minimum absolute atomic E-state index is 0.0780. The van der Waals surface area contributed by atoms with E-state index in [1.54, 1.807) is 11.8 Å². The van der Waals surface area contributed by atoms with Crippen molar-refractivity contribution in [3.63, 3.8) is 0 Å². The fraction of sp³-hybridized carbons (Fsp3) is 0.769. The van der Waals surface area contributed by atoms with Gasteiger partial charge in [0.2, 0.25) is 5.91 Å². The number of amides is 3. The Morgan fingerprint density at radius 2 is 1.90 bits per heavy atom. The van der Waals surface area contributed by atoms with Crippen molar-refractivity contribution in [3.8, 4) is 0 Å². The van der Waals surface area contributed by atoms with Crippen molar-refractivity contribution >= 4 is 17.9 Å². The molecular weight excluding hydrogens is 262 g/mol. The van der Waals surface area contributed by atoms with Crippen LogP contribution in [0, 0.1) is 0 Å². The molecule has 1 aliphatic heterocycles. The Morgan fingerprint density at radius 3 is 2.40 bits per heavy atom. The van der Waals surface area contributed by atoms with Gasteiger partial charge in [0.15, 0.2) is 0 Å². The van der Waals surface area contributed by atoms with E-state index in [1.165, 1.54) is 4.90 Å². The molecule has 0 aromatic carbocycles. The van der Waals surface area contributed by atoms with Gasteiger partial charge in [-0.25, -0.2) is 4.79 Å². The second-order valence-electron chi connectivity index (χ2n) is 5.03. The van der Waals surface area contributed by atoms with Gasteiger partial charge in [0.25, 0.3) is 0 Å². The number of carboxylic acids is 1. The van der Waals surface area contributed by atoms with Gasteiger partial charge in [-0.1, -0.05) is 6.92 Å². The zero-order valence-corrected chi connectivity index (χ0v) is 12.1. The summed E-state index contributed by atoms with van der Waals surface area (Å²) in [5.41, 5.74) is 0. The van der Waals surface area contributed by atoms with E-state index in [0.29, 0.717) is 6.42 Å². The molecule has 7 heteroatoms. The highest BCUT2D eigenvalue weighted by Crippen LogP contribution is 2.07. The number of nitrogens with zero attached hydrogens (tertiary/aromatic N) is 2. The summed E-state index contributed by atoms with van der Waals surface area (Å²) in [6, 6.07) is -0.692. The van der Waals surface area contributed by atoms with Crippen molar-refractivity contribution in [3.05, 3.63) is 0 Å². The molecule has 1 aliphatic rings. The van der Waals surface area contributed by atoms with Gasteiger partial charge in [-0.2, -0.15) is 0 Å². The summed E-state index contributed by atoms with van der Waals surface area (Å²) in [6.45, 7) is 4.69. The summed E-state index contributed by atoms with van der Waals surface area (Å²) in [5.74, 6) is -1.18. The molecule has 3 amide bonds. The van der Waals surface area contributed by atoms with E-state index in [4.69, 9.17) is 5.11 Å². The lowest BCUT2D eigenvalue weighted by molar-refractivity contribution is -0.138. The van der Waals surface area contributed by atoms with E-state index in [-0.39, 0.29) is 25.0 Å². The molecule has 0 aromatic heterocycles. The molecule has 2 N–H and O–H groups in total. The van der Waals surface area contributed by atoms with E-state index >= 15 is 0 Å². The van der Waals surface area contributed by atoms with Gasteiger partial charge in [0.1, 0.15) is 6.54 Å². The Labute approximate surface area is 118 Å². The van der Waals surface area contributed by atoms with Crippen LogP contribution in [0.2, 0.25) is 0 Å².